The van der Waals surface area contributed by atoms with Gasteiger partial charge in [0.2, 0.25) is 0 Å². The fourth-order valence-electron chi connectivity index (χ4n) is 5.80. The van der Waals surface area contributed by atoms with Gasteiger partial charge in [-0.1, -0.05) is 41.8 Å². The maximum absolute atomic E-state index is 13.8. The number of aromatic nitrogens is 4. The van der Waals surface area contributed by atoms with Crippen LogP contribution in [0.2, 0.25) is 5.02 Å². The van der Waals surface area contributed by atoms with E-state index in [2.05, 4.69) is 32.0 Å². The molecule has 4 atom stereocenters. The second kappa shape index (κ2) is 9.25. The van der Waals surface area contributed by atoms with Crippen molar-refractivity contribution in [2.45, 2.75) is 56.6 Å². The second-order valence-electron chi connectivity index (χ2n) is 10.7. The Morgan fingerprint density at radius 3 is 2.82 bits per heavy atom. The van der Waals surface area contributed by atoms with E-state index in [1.54, 1.807) is 35.3 Å². The van der Waals surface area contributed by atoms with E-state index in [1.165, 1.54) is 31.4 Å². The number of rotatable bonds is 7. The summed E-state index contributed by atoms with van der Waals surface area (Å²) in [4.78, 5) is 4.49. The van der Waals surface area contributed by atoms with Gasteiger partial charge in [0.05, 0.1) is 41.4 Å². The highest BCUT2D eigenvalue weighted by Crippen LogP contribution is 2.51. The number of pyridine rings is 1. The Labute approximate surface area is 226 Å². The second-order valence-corrected chi connectivity index (χ2v) is 11.1. The summed E-state index contributed by atoms with van der Waals surface area (Å²) < 4.78 is 25.2. The minimum Gasteiger partial charge on any atom is -0.380 e. The van der Waals surface area contributed by atoms with Crippen molar-refractivity contribution in [3.63, 3.8) is 0 Å². The smallest absolute Gasteiger partial charge is 0.123 e. The van der Waals surface area contributed by atoms with Gasteiger partial charge in [-0.25, -0.2) is 9.07 Å². The maximum atomic E-state index is 13.8. The van der Waals surface area contributed by atoms with Crippen LogP contribution in [0.15, 0.2) is 48.8 Å². The third-order valence-corrected chi connectivity index (χ3v) is 8.34. The van der Waals surface area contributed by atoms with Crippen LogP contribution in [0, 0.1) is 29.0 Å². The Bertz CT molecular complexity index is 1610. The van der Waals surface area contributed by atoms with Gasteiger partial charge in [-0.05, 0) is 67.3 Å². The molecule has 3 saturated carbocycles. The molecule has 2 aromatic carbocycles. The largest absolute Gasteiger partial charge is 0.380 e. The molecule has 2 aromatic heterocycles. The van der Waals surface area contributed by atoms with Gasteiger partial charge in [-0.2, -0.15) is 5.26 Å². The summed E-state index contributed by atoms with van der Waals surface area (Å²) in [5.41, 5.74) is 3.22. The first-order chi connectivity index (χ1) is 18.9. The van der Waals surface area contributed by atoms with E-state index in [9.17, 15) is 11.0 Å². The summed E-state index contributed by atoms with van der Waals surface area (Å²) in [6.45, 7) is 0. The topological polar surface area (TPSA) is 91.5 Å². The molecule has 2 N–H and O–H groups in total. The molecule has 0 saturated heterocycles. The van der Waals surface area contributed by atoms with Crippen LogP contribution in [-0.2, 0) is 0 Å². The predicted octanol–water partition coefficient (Wildman–Crippen LogP) is 6.63. The number of halogens is 2. The lowest BCUT2D eigenvalue weighted by atomic mass is 9.94. The van der Waals surface area contributed by atoms with Crippen LogP contribution in [0.1, 0.15) is 68.8 Å². The number of benzene rings is 2. The van der Waals surface area contributed by atoms with Crippen molar-refractivity contribution < 1.29 is 5.76 Å². The predicted molar refractivity (Wildman–Crippen MR) is 144 cm³/mol. The van der Waals surface area contributed by atoms with Gasteiger partial charge in [0.1, 0.15) is 17.6 Å². The minimum atomic E-state index is -1.57. The summed E-state index contributed by atoms with van der Waals surface area (Å²) in [6.07, 6.45) is 10.2. The molecule has 0 radical (unpaired) electrons. The lowest BCUT2D eigenvalue weighted by molar-refractivity contribution is 0.440. The Morgan fingerprint density at radius 2 is 2.03 bits per heavy atom. The third kappa shape index (κ3) is 4.35. The van der Waals surface area contributed by atoms with Gasteiger partial charge in [-0.3, -0.25) is 4.98 Å². The molecule has 3 fully saturated rings. The van der Waals surface area contributed by atoms with E-state index < -0.39 is 6.02 Å². The van der Waals surface area contributed by atoms with Crippen LogP contribution in [0.3, 0.4) is 0 Å². The molecule has 0 bridgehead atoms. The number of anilines is 2. The molecule has 0 amide bonds. The van der Waals surface area contributed by atoms with Crippen LogP contribution < -0.4 is 10.6 Å². The Hall–Kier alpha value is -3.70. The monoisotopic (exact) mass is 528 g/mol. The molecular weight excluding hydrogens is 501 g/mol. The molecule has 9 heteroatoms. The molecule has 0 spiro atoms. The molecule has 7 nitrogen and oxygen atoms in total. The van der Waals surface area contributed by atoms with Crippen LogP contribution >= 0.6 is 11.6 Å². The van der Waals surface area contributed by atoms with E-state index >= 15 is 0 Å². The fraction of sp³-hybridized carbons (Fsp3) is 0.379. The van der Waals surface area contributed by atoms with E-state index in [0.29, 0.717) is 51.0 Å². The van der Waals surface area contributed by atoms with Crippen molar-refractivity contribution in [1.82, 2.24) is 20.0 Å². The van der Waals surface area contributed by atoms with Gasteiger partial charge in [0.15, 0.2) is 0 Å². The molecule has 3 unspecified atom stereocenters. The van der Waals surface area contributed by atoms with Crippen LogP contribution in [0.25, 0.3) is 10.9 Å². The first-order valence-electron chi connectivity index (χ1n) is 13.7. The van der Waals surface area contributed by atoms with E-state index in [4.69, 9.17) is 11.6 Å². The number of nitrogens with zero attached hydrogens (tertiary/aromatic N) is 5. The molecule has 38 heavy (non-hydrogen) atoms. The van der Waals surface area contributed by atoms with Gasteiger partial charge in [0, 0.05) is 23.3 Å². The molecule has 7 rings (SSSR count). The van der Waals surface area contributed by atoms with Crippen LogP contribution in [0.5, 0.6) is 0 Å². The minimum absolute atomic E-state index is 0.300. The molecule has 3 aliphatic carbocycles. The number of nitriles is 1. The van der Waals surface area contributed by atoms with E-state index in [1.807, 2.05) is 6.07 Å². The zero-order chi connectivity index (χ0) is 26.7. The standard InChI is InChI=1S/C29H27ClFN7/c30-24-12-20(34-28(16-4-6-19(31)7-5-16)26-15-38(37-36-26)21-8-9-21)11-23-27(18(13-32)14-33-29(23)24)35-25-3-1-2-17-10-22(17)25/h4-7,11-12,14-15,17,21-22,25,28,34H,1-3,8-10H2,(H,33,35)/t17?,22?,25?,28-/m1/s1/i28D. The summed E-state index contributed by atoms with van der Waals surface area (Å²) in [5, 5.41) is 26.6. The highest BCUT2D eigenvalue weighted by molar-refractivity contribution is 6.35. The summed E-state index contributed by atoms with van der Waals surface area (Å²) in [7, 11) is 0. The zero-order valence-corrected chi connectivity index (χ0v) is 21.4. The molecular formula is C29H27ClFN7. The summed E-state index contributed by atoms with van der Waals surface area (Å²) in [6, 6.07) is 10.7. The average molecular weight is 529 g/mol. The van der Waals surface area contributed by atoms with Crippen molar-refractivity contribution >= 4 is 33.9 Å². The molecule has 192 valence electrons. The van der Waals surface area contributed by atoms with Gasteiger partial charge < -0.3 is 10.6 Å². The number of hydrogen-bond donors (Lipinski definition) is 2. The van der Waals surface area contributed by atoms with Crippen molar-refractivity contribution in [2.24, 2.45) is 11.8 Å². The first kappa shape index (κ1) is 22.3. The molecule has 4 aromatic rings. The van der Waals surface area contributed by atoms with Gasteiger partial charge >= 0.3 is 0 Å². The first-order valence-corrected chi connectivity index (χ1v) is 13.6. The number of nitrogens with one attached hydrogen (secondary N) is 2. The van der Waals surface area contributed by atoms with Crippen LogP contribution in [-0.4, -0.2) is 26.0 Å². The Morgan fingerprint density at radius 1 is 1.18 bits per heavy atom. The van der Waals surface area contributed by atoms with Crippen molar-refractivity contribution in [1.29, 1.82) is 5.26 Å². The molecule has 2 heterocycles. The Balaban J connectivity index is 1.31. The third-order valence-electron chi connectivity index (χ3n) is 8.05. The average Bonchev–Trinajstić information content (AvgIpc) is 3.87. The van der Waals surface area contributed by atoms with Gasteiger partial charge in [0.25, 0.3) is 0 Å². The summed E-state index contributed by atoms with van der Waals surface area (Å²) >= 11 is 6.75. The number of hydrogen-bond acceptors (Lipinski definition) is 6. The van der Waals surface area contributed by atoms with Crippen molar-refractivity contribution in [2.75, 3.05) is 10.6 Å². The fourth-order valence-corrected chi connectivity index (χ4v) is 6.07. The van der Waals surface area contributed by atoms with Crippen LogP contribution in [0.4, 0.5) is 15.8 Å². The normalized spacial score (nSPS) is 24.1. The summed E-state index contributed by atoms with van der Waals surface area (Å²) in [5.74, 6) is 1.03. The molecule has 3 aliphatic rings. The highest BCUT2D eigenvalue weighted by Gasteiger charge is 2.45. The van der Waals surface area contributed by atoms with Gasteiger partial charge in [-0.15, -0.1) is 5.10 Å². The maximum Gasteiger partial charge on any atom is 0.123 e. The lowest BCUT2D eigenvalue weighted by Gasteiger charge is -2.25. The SMILES string of the molecule is [2H][C@@](Nc1cc(Cl)c2ncc(C#N)c(NC3CCCC4CC43)c2c1)(c1ccc(F)cc1)c1cn(C2CC2)nn1. The number of fused-ring (bicyclic) bond motifs is 2. The van der Waals surface area contributed by atoms with E-state index in [-0.39, 0.29) is 5.82 Å². The van der Waals surface area contributed by atoms with E-state index in [0.717, 1.165) is 36.3 Å². The zero-order valence-electron chi connectivity index (χ0n) is 21.7. The quantitative estimate of drug-likeness (QED) is 0.280. The Kier molecular flexibility index (Phi) is 5.43. The highest BCUT2D eigenvalue weighted by atomic mass is 35.5. The van der Waals surface area contributed by atoms with Crippen molar-refractivity contribution in [3.8, 4) is 6.07 Å². The van der Waals surface area contributed by atoms with Crippen molar-refractivity contribution in [3.05, 3.63) is 76.5 Å². The lowest BCUT2D eigenvalue weighted by Crippen LogP contribution is -2.26. The molecule has 0 aliphatic heterocycles.